The van der Waals surface area contributed by atoms with E-state index in [0.717, 1.165) is 26.8 Å². The average molecular weight is 393 g/mol. The molecule has 2 rings (SSSR count). The van der Waals surface area contributed by atoms with Gasteiger partial charge < -0.3 is 10.4 Å². The maximum atomic E-state index is 13.2. The molecule has 0 fully saturated rings. The predicted octanol–water partition coefficient (Wildman–Crippen LogP) is 4.81. The van der Waals surface area contributed by atoms with E-state index < -0.39 is 17.4 Å². The zero-order valence-corrected chi connectivity index (χ0v) is 12.7. The van der Waals surface area contributed by atoms with Crippen molar-refractivity contribution in [3.8, 4) is 5.75 Å². The van der Waals surface area contributed by atoms with E-state index in [4.69, 9.17) is 5.11 Å². The second kappa shape index (κ2) is 5.88. The molecule has 0 saturated heterocycles. The Hall–Kier alpha value is -1.14. The molecule has 0 spiro atoms. The van der Waals surface area contributed by atoms with Gasteiger partial charge in [0.05, 0.1) is 0 Å². The van der Waals surface area contributed by atoms with Gasteiger partial charge in [-0.1, -0.05) is 15.9 Å². The smallest absolute Gasteiger partial charge is 0.187 e. The largest absolute Gasteiger partial charge is 0.503 e. The molecule has 19 heavy (non-hydrogen) atoms. The number of phenolic OH excluding ortho intramolecular Hbond substituents is 1. The lowest BCUT2D eigenvalue weighted by atomic mass is 10.2. The fraction of sp³-hybridized carbons (Fsp3) is 0.0769. The van der Waals surface area contributed by atoms with E-state index in [1.54, 1.807) is 0 Å². The van der Waals surface area contributed by atoms with Gasteiger partial charge in [-0.15, -0.1) is 0 Å². The van der Waals surface area contributed by atoms with Crippen molar-refractivity contribution < 1.29 is 13.9 Å². The third-order valence-electron chi connectivity index (χ3n) is 2.49. The normalized spacial score (nSPS) is 10.5. The summed E-state index contributed by atoms with van der Waals surface area (Å²) in [6, 6.07) is 7.74. The highest BCUT2D eigenvalue weighted by Gasteiger charge is 2.09. The van der Waals surface area contributed by atoms with Gasteiger partial charge >= 0.3 is 0 Å². The van der Waals surface area contributed by atoms with Crippen LogP contribution in [0.2, 0.25) is 0 Å². The van der Waals surface area contributed by atoms with Crippen LogP contribution >= 0.6 is 31.9 Å². The molecule has 0 atom stereocenters. The van der Waals surface area contributed by atoms with Crippen molar-refractivity contribution in [2.75, 3.05) is 5.32 Å². The minimum absolute atomic E-state index is 0.244. The van der Waals surface area contributed by atoms with Gasteiger partial charge in [0.1, 0.15) is 0 Å². The molecule has 0 saturated carbocycles. The Morgan fingerprint density at radius 3 is 2.26 bits per heavy atom. The standard InChI is InChI=1S/C13H9Br2F2NO/c14-8-1-2-12(9(15)5-8)18-6-7-3-10(16)13(19)11(17)4-7/h1-5,18-19H,6H2. The SMILES string of the molecule is Oc1c(F)cc(CNc2ccc(Br)cc2Br)cc1F. The summed E-state index contributed by atoms with van der Waals surface area (Å²) in [5, 5.41) is 12.1. The number of hydrogen-bond acceptors (Lipinski definition) is 2. The number of rotatable bonds is 3. The van der Waals surface area contributed by atoms with Crippen LogP contribution in [0.4, 0.5) is 14.5 Å². The topological polar surface area (TPSA) is 32.3 Å². The number of benzene rings is 2. The summed E-state index contributed by atoms with van der Waals surface area (Å²) in [5.41, 5.74) is 1.21. The molecule has 2 N–H and O–H groups in total. The molecule has 0 radical (unpaired) electrons. The second-order valence-corrected chi connectivity index (χ2v) is 5.66. The molecule has 0 aromatic heterocycles. The summed E-state index contributed by atoms with van der Waals surface area (Å²) in [6.07, 6.45) is 0. The first kappa shape index (κ1) is 14.3. The molecule has 0 aliphatic carbocycles. The monoisotopic (exact) mass is 391 g/mol. The molecule has 6 heteroatoms. The first-order valence-electron chi connectivity index (χ1n) is 5.33. The van der Waals surface area contributed by atoms with E-state index >= 15 is 0 Å². The maximum absolute atomic E-state index is 13.2. The van der Waals surface area contributed by atoms with Gasteiger partial charge in [0.2, 0.25) is 0 Å². The summed E-state index contributed by atoms with van der Waals surface area (Å²) in [4.78, 5) is 0. The summed E-state index contributed by atoms with van der Waals surface area (Å²) >= 11 is 6.72. The molecule has 0 unspecified atom stereocenters. The zero-order valence-electron chi connectivity index (χ0n) is 9.55. The van der Waals surface area contributed by atoms with Gasteiger partial charge in [-0.05, 0) is 51.8 Å². The third kappa shape index (κ3) is 3.45. The fourth-order valence-electron chi connectivity index (χ4n) is 1.55. The number of phenols is 1. The second-order valence-electron chi connectivity index (χ2n) is 3.89. The molecular weight excluding hydrogens is 384 g/mol. The van der Waals surface area contributed by atoms with Crippen LogP contribution < -0.4 is 5.32 Å². The van der Waals surface area contributed by atoms with E-state index in [-0.39, 0.29) is 6.54 Å². The molecule has 0 bridgehead atoms. The number of halogens is 4. The Bertz CT molecular complexity index is 597. The minimum atomic E-state index is -0.966. The van der Waals surface area contributed by atoms with Gasteiger partial charge in [-0.3, -0.25) is 0 Å². The first-order chi connectivity index (χ1) is 8.97. The van der Waals surface area contributed by atoms with Crippen LogP contribution in [0.15, 0.2) is 39.3 Å². The van der Waals surface area contributed by atoms with Crippen LogP contribution in [0.1, 0.15) is 5.56 Å². The predicted molar refractivity (Wildman–Crippen MR) is 77.2 cm³/mol. The summed E-state index contributed by atoms with van der Waals surface area (Å²) in [5.74, 6) is -2.88. The lowest BCUT2D eigenvalue weighted by Crippen LogP contribution is -2.01. The van der Waals surface area contributed by atoms with E-state index in [0.29, 0.717) is 5.56 Å². The lowest BCUT2D eigenvalue weighted by molar-refractivity contribution is 0.395. The van der Waals surface area contributed by atoms with Crippen LogP contribution in [0.25, 0.3) is 0 Å². The highest BCUT2D eigenvalue weighted by Crippen LogP contribution is 2.27. The van der Waals surface area contributed by atoms with E-state index in [9.17, 15) is 8.78 Å². The van der Waals surface area contributed by atoms with Gasteiger partial charge in [-0.25, -0.2) is 8.78 Å². The molecule has 0 aliphatic heterocycles. The van der Waals surface area contributed by atoms with Gasteiger partial charge in [0.15, 0.2) is 17.4 Å². The van der Waals surface area contributed by atoms with Crippen LogP contribution in [0, 0.1) is 11.6 Å². The van der Waals surface area contributed by atoms with Crippen LogP contribution in [0.3, 0.4) is 0 Å². The highest BCUT2D eigenvalue weighted by molar-refractivity contribution is 9.11. The summed E-state index contributed by atoms with van der Waals surface area (Å²) in [7, 11) is 0. The maximum Gasteiger partial charge on any atom is 0.187 e. The molecular formula is C13H9Br2F2NO. The van der Waals surface area contributed by atoms with E-state index in [2.05, 4.69) is 37.2 Å². The van der Waals surface area contributed by atoms with Crippen molar-refractivity contribution >= 4 is 37.5 Å². The Morgan fingerprint density at radius 2 is 1.68 bits per heavy atom. The van der Waals surface area contributed by atoms with Crippen molar-refractivity contribution in [3.05, 3.63) is 56.5 Å². The third-order valence-corrected chi connectivity index (χ3v) is 3.64. The molecule has 0 heterocycles. The molecule has 0 amide bonds. The van der Waals surface area contributed by atoms with Gasteiger partial charge in [-0.2, -0.15) is 0 Å². The van der Waals surface area contributed by atoms with Crippen LogP contribution in [-0.2, 0) is 6.54 Å². The number of hydrogen-bond donors (Lipinski definition) is 2. The first-order valence-corrected chi connectivity index (χ1v) is 6.92. The van der Waals surface area contributed by atoms with Gasteiger partial charge in [0, 0.05) is 21.2 Å². The number of nitrogens with one attached hydrogen (secondary N) is 1. The molecule has 0 aliphatic rings. The van der Waals surface area contributed by atoms with E-state index in [1.807, 2.05) is 18.2 Å². The van der Waals surface area contributed by atoms with Crippen molar-refractivity contribution in [2.45, 2.75) is 6.54 Å². The van der Waals surface area contributed by atoms with Crippen LogP contribution in [-0.4, -0.2) is 5.11 Å². The Kier molecular flexibility index (Phi) is 4.42. The molecule has 2 nitrogen and oxygen atoms in total. The quantitative estimate of drug-likeness (QED) is 0.785. The zero-order chi connectivity index (χ0) is 14.0. The molecule has 2 aromatic carbocycles. The van der Waals surface area contributed by atoms with Crippen molar-refractivity contribution in [2.24, 2.45) is 0 Å². The minimum Gasteiger partial charge on any atom is -0.503 e. The van der Waals surface area contributed by atoms with Gasteiger partial charge in [0.25, 0.3) is 0 Å². The average Bonchev–Trinajstić information content (AvgIpc) is 2.34. The molecule has 2 aromatic rings. The van der Waals surface area contributed by atoms with Crippen molar-refractivity contribution in [1.29, 1.82) is 0 Å². The summed E-state index contributed by atoms with van der Waals surface area (Å²) < 4.78 is 28.1. The Balaban J connectivity index is 2.14. The highest BCUT2D eigenvalue weighted by atomic mass is 79.9. The number of anilines is 1. The van der Waals surface area contributed by atoms with E-state index in [1.165, 1.54) is 0 Å². The number of aromatic hydroxyl groups is 1. The Labute approximate surface area is 125 Å². The summed E-state index contributed by atoms with van der Waals surface area (Å²) in [6.45, 7) is 0.244. The van der Waals surface area contributed by atoms with Crippen LogP contribution in [0.5, 0.6) is 5.75 Å². The fourth-order valence-corrected chi connectivity index (χ4v) is 2.74. The Morgan fingerprint density at radius 1 is 1.05 bits per heavy atom. The van der Waals surface area contributed by atoms with Crippen molar-refractivity contribution in [1.82, 2.24) is 0 Å². The lowest BCUT2D eigenvalue weighted by Gasteiger charge is -2.10. The molecule has 100 valence electrons. The van der Waals surface area contributed by atoms with Crippen molar-refractivity contribution in [3.63, 3.8) is 0 Å².